The number of benzene rings is 6. The second kappa shape index (κ2) is 44.2. The molecule has 0 atom stereocenters. The van der Waals surface area contributed by atoms with Gasteiger partial charge in [-0.15, -0.1) is 90.8 Å². The molecule has 2 saturated carbocycles. The van der Waals surface area contributed by atoms with Crippen LogP contribution in [0.1, 0.15) is 184 Å². The van der Waals surface area contributed by atoms with E-state index in [1.165, 1.54) is 177 Å². The van der Waals surface area contributed by atoms with Gasteiger partial charge in [-0.3, -0.25) is 4.79 Å². The van der Waals surface area contributed by atoms with Gasteiger partial charge in [-0.25, -0.2) is 0 Å². The maximum Gasteiger partial charge on any atom is 3.00 e. The Kier molecular flexibility index (Phi) is 36.9. The van der Waals surface area contributed by atoms with Crippen LogP contribution in [0.5, 0.6) is 0 Å². The summed E-state index contributed by atoms with van der Waals surface area (Å²) in [6.45, 7) is 2.87. The van der Waals surface area contributed by atoms with Crippen LogP contribution in [0.2, 0.25) is 0 Å². The Balaban J connectivity index is 0.000000233. The van der Waals surface area contributed by atoms with Crippen LogP contribution in [-0.4, -0.2) is 102 Å². The predicted octanol–water partition coefficient (Wildman–Crippen LogP) is 7.88. The van der Waals surface area contributed by atoms with Crippen molar-refractivity contribution in [3.8, 4) is 45.6 Å². The Hall–Kier alpha value is -5.47. The Morgan fingerprint density at radius 3 is 1.33 bits per heavy atom. The van der Waals surface area contributed by atoms with Gasteiger partial charge in [-0.2, -0.15) is 50.8 Å². The molecule has 6 aromatic carbocycles. The summed E-state index contributed by atoms with van der Waals surface area (Å²) in [5, 5.41) is 57.9. The molecule has 17 nitrogen and oxygen atoms in total. The van der Waals surface area contributed by atoms with Gasteiger partial charge < -0.3 is 41.4 Å². The van der Waals surface area contributed by atoms with Crippen LogP contribution < -0.4 is 74.2 Å². The van der Waals surface area contributed by atoms with E-state index >= 15 is 0 Å². The number of nitrogens with zero attached hydrogens (tertiary/aromatic N) is 12. The fourth-order valence-corrected chi connectivity index (χ4v) is 14.7. The molecule has 100 heavy (non-hydrogen) atoms. The SMILES string of the molecule is CN1C=CN(c2[c-]ccc(C3CCCCC3)c2)[CH-]1.CN1C=CN(c2cccc(C3CCCCC3)c2)C1.CO.CO.O=CO[O-].[H-].[Ir+3].[Ir].[Na+].[Na+].[c-]1ccc2c(c1-c1nnc(-c3cccc4c3CCCC4)nn1)CCCC2.[c-]1ccc2c(c1-c1nnc(-c3cccc4c3CCCC4)nn1)CCCC2. The minimum Gasteiger partial charge on any atom is -1.00 e. The van der Waals surface area contributed by atoms with Crippen molar-refractivity contribution < 1.29 is 126 Å². The van der Waals surface area contributed by atoms with Crippen molar-refractivity contribution in [2.45, 2.75) is 179 Å². The molecule has 0 unspecified atom stereocenters. The minimum atomic E-state index is -0.181. The average molecular weight is 1720 g/mol. The number of hydrogen-bond acceptors (Lipinski definition) is 17. The Bertz CT molecular complexity index is 3430. The van der Waals surface area contributed by atoms with Gasteiger partial charge in [-0.1, -0.05) is 137 Å². The molecular formula is C79H94Ir2N12Na2O5-. The van der Waals surface area contributed by atoms with Crippen molar-refractivity contribution in [3.05, 3.63) is 208 Å². The van der Waals surface area contributed by atoms with E-state index < -0.39 is 0 Å². The second-order valence-electron chi connectivity index (χ2n) is 25.6. The van der Waals surface area contributed by atoms with Gasteiger partial charge >= 0.3 is 79.2 Å². The number of carbonyl (C=O) groups excluding carboxylic acids is 1. The molecule has 2 aliphatic heterocycles. The van der Waals surface area contributed by atoms with E-state index in [9.17, 15) is 0 Å². The summed E-state index contributed by atoms with van der Waals surface area (Å²) < 4.78 is 0. The fraction of sp³-hybridized carbons (Fsp3) is 0.418. The van der Waals surface area contributed by atoms with Gasteiger partial charge in [-0.05, 0) is 161 Å². The van der Waals surface area contributed by atoms with E-state index in [-0.39, 0.29) is 107 Å². The number of aliphatic hydroxyl groups is 2. The fourth-order valence-electron chi connectivity index (χ4n) is 14.7. The monoisotopic (exact) mass is 1720 g/mol. The smallest absolute Gasteiger partial charge is 1.00 e. The van der Waals surface area contributed by atoms with Crippen LogP contribution >= 0.6 is 0 Å². The number of carbonyl (C=O) groups is 1. The second-order valence-corrected chi connectivity index (χ2v) is 25.6. The quantitative estimate of drug-likeness (QED) is 0.0464. The van der Waals surface area contributed by atoms with Crippen molar-refractivity contribution >= 4 is 17.8 Å². The molecule has 6 aliphatic carbocycles. The Morgan fingerprint density at radius 1 is 0.490 bits per heavy atom. The molecule has 0 spiro atoms. The summed E-state index contributed by atoms with van der Waals surface area (Å²) in [7, 11) is 6.16. The molecule has 0 amide bonds. The third-order valence-electron chi connectivity index (χ3n) is 19.5. The maximum atomic E-state index is 8.64. The van der Waals surface area contributed by atoms with Gasteiger partial charge in [0.05, 0.1) is 6.67 Å². The molecule has 2 fully saturated rings. The molecule has 1 radical (unpaired) electrons. The average Bonchev–Trinajstić information content (AvgIpc) is 1.04. The van der Waals surface area contributed by atoms with E-state index in [0.29, 0.717) is 23.3 Å². The molecular weight excluding hydrogens is 1630 g/mol. The third kappa shape index (κ3) is 22.5. The van der Waals surface area contributed by atoms with Crippen molar-refractivity contribution in [3.63, 3.8) is 0 Å². The normalized spacial score (nSPS) is 16.1. The van der Waals surface area contributed by atoms with Gasteiger partial charge in [0.25, 0.3) is 6.47 Å². The third-order valence-corrected chi connectivity index (χ3v) is 19.5. The van der Waals surface area contributed by atoms with Gasteiger partial charge in [0.2, 0.25) is 11.6 Å². The van der Waals surface area contributed by atoms with E-state index in [4.69, 9.17) is 20.3 Å². The van der Waals surface area contributed by atoms with E-state index in [1.807, 2.05) is 19.2 Å². The molecule has 521 valence electrons. The van der Waals surface area contributed by atoms with Crippen molar-refractivity contribution in [2.75, 3.05) is 44.8 Å². The van der Waals surface area contributed by atoms with Gasteiger partial charge in [0.1, 0.15) is 11.6 Å². The summed E-state index contributed by atoms with van der Waals surface area (Å²) in [6, 6.07) is 46.8. The first-order valence-electron chi connectivity index (χ1n) is 34.7. The Labute approximate surface area is 665 Å². The standard InChI is InChI=1S/2C22H21N4.C16H22N2.C16H20N2.CH2O3.2CH4O.2Ir.2Na.H/c2*1-3-11-17-15(7-1)9-5-13-19(17)21-23-25-22(26-24-21)20-14-6-10-16-8-2-4-12-18(16)20;2*1-17-10-11-18(13-17)16-9-5-8-15(12-16)14-6-3-2-4-7-14;2-1-4-3;2*1-2;;;;;/h2*5-6,9-10,13H,1-4,7-8,11-12H2;5,8-12,14H,2-4,6-7,13H2,1H3;5,8,10-14H,2-4,6-7H2,1H3;1,3H;2*2H,1H3;;;;;/q2*-1;;-2;;;;;+3;2*+1;-1/p-1. The molecule has 4 heterocycles. The number of aryl methyl sites for hydroxylation is 4. The largest absolute Gasteiger partial charge is 3.00 e. The van der Waals surface area contributed by atoms with Crippen LogP contribution in [-0.2, 0) is 101 Å². The first-order chi connectivity index (χ1) is 47.4. The number of rotatable bonds is 9. The van der Waals surface area contributed by atoms with E-state index in [0.717, 1.165) is 112 Å². The van der Waals surface area contributed by atoms with Crippen molar-refractivity contribution in [1.29, 1.82) is 0 Å². The predicted molar refractivity (Wildman–Crippen MR) is 377 cm³/mol. The minimum absolute atomic E-state index is 0. The number of hydrogen-bond donors (Lipinski definition) is 2. The number of aromatic nitrogens is 8. The van der Waals surface area contributed by atoms with Crippen molar-refractivity contribution in [2.24, 2.45) is 0 Å². The molecule has 2 N–H and O–H groups in total. The molecule has 0 bridgehead atoms. The summed E-state index contributed by atoms with van der Waals surface area (Å²) in [6.07, 6.45) is 41.1. The van der Waals surface area contributed by atoms with Crippen LogP contribution in [0.3, 0.4) is 0 Å². The molecule has 8 aromatic rings. The first kappa shape index (κ1) is 83.5. The molecule has 8 aliphatic rings. The summed E-state index contributed by atoms with van der Waals surface area (Å²) in [4.78, 5) is 20.0. The van der Waals surface area contributed by atoms with Gasteiger partial charge in [0.15, 0.2) is 0 Å². The topological polar surface area (TPSA) is 206 Å². The van der Waals surface area contributed by atoms with Crippen LogP contribution in [0.25, 0.3) is 45.6 Å². The Morgan fingerprint density at radius 2 is 0.900 bits per heavy atom. The number of anilines is 2. The molecule has 0 saturated heterocycles. The first-order valence-corrected chi connectivity index (χ1v) is 34.7. The number of aliphatic hydroxyl groups excluding tert-OH is 2. The number of fused-ring (bicyclic) bond motifs is 4. The molecule has 16 rings (SSSR count). The molecule has 2 aromatic heterocycles. The van der Waals surface area contributed by atoms with Crippen molar-refractivity contribution in [1.82, 2.24) is 50.6 Å². The maximum absolute atomic E-state index is 8.64. The molecule has 21 heteroatoms. The zero-order valence-electron chi connectivity index (χ0n) is 60.2. The van der Waals surface area contributed by atoms with Crippen LogP contribution in [0.4, 0.5) is 11.4 Å². The summed E-state index contributed by atoms with van der Waals surface area (Å²) >= 11 is 0. The zero-order valence-corrected chi connectivity index (χ0v) is 68.0. The van der Waals surface area contributed by atoms with E-state index in [1.54, 1.807) is 0 Å². The van der Waals surface area contributed by atoms with Crippen LogP contribution in [0, 0.1) is 24.9 Å². The summed E-state index contributed by atoms with van der Waals surface area (Å²) in [5.41, 5.74) is 20.7. The zero-order chi connectivity index (χ0) is 66.9. The van der Waals surface area contributed by atoms with Gasteiger partial charge in [0, 0.05) is 70.6 Å². The van der Waals surface area contributed by atoms with E-state index in [2.05, 4.69) is 213 Å². The van der Waals surface area contributed by atoms with Crippen LogP contribution in [0.15, 0.2) is 128 Å². The summed E-state index contributed by atoms with van der Waals surface area (Å²) in [5.74, 6) is 4.02.